The summed E-state index contributed by atoms with van der Waals surface area (Å²) in [6.07, 6.45) is 0. The molecular weight excluding hydrogens is 1490 g/mol. The minimum absolute atomic E-state index is 0. The van der Waals surface area contributed by atoms with Crippen LogP contribution in [0.3, 0.4) is 0 Å². The number of hydrogen-bond acceptors (Lipinski definition) is 8. The van der Waals surface area contributed by atoms with Crippen molar-refractivity contribution in [2.75, 3.05) is 0 Å². The molecule has 0 aliphatic heterocycles. The molecule has 0 N–H and O–H groups in total. The third kappa shape index (κ3) is 38.6. The van der Waals surface area contributed by atoms with Crippen LogP contribution in [0.4, 0.5) is 0 Å². The Kier molecular flexibility index (Phi) is 40.5. The van der Waals surface area contributed by atoms with Crippen LogP contribution in [0.25, 0.3) is 0 Å². The van der Waals surface area contributed by atoms with Crippen LogP contribution in [0, 0.1) is 0 Å². The average Bonchev–Trinajstić information content (AvgIpc) is 1.75. The minimum Gasteiger partial charge on any atom is -0.578 e. The van der Waals surface area contributed by atoms with E-state index >= 15 is 0 Å². The summed E-state index contributed by atoms with van der Waals surface area (Å²) in [6, 6.07) is 16.9. The normalized spacial score (nSPS) is 12.9. The first-order valence-electron chi connectivity index (χ1n) is 37.8. The zero-order chi connectivity index (χ0) is 82.2. The van der Waals surface area contributed by atoms with Crippen LogP contribution in [0.5, 0.6) is 0 Å². The molecule has 0 unspecified atom stereocenters. The summed E-state index contributed by atoms with van der Waals surface area (Å²) < 4.78 is 0. The number of aromatic nitrogens is 16. The van der Waals surface area contributed by atoms with Gasteiger partial charge in [-0.1, -0.05) is 381 Å². The van der Waals surface area contributed by atoms with Crippen molar-refractivity contribution in [3.8, 4) is 0 Å². The molecular formula is C88H152Cr4N16. The maximum absolute atomic E-state index is 4.20. The van der Waals surface area contributed by atoms with E-state index in [0.717, 1.165) is 91.1 Å². The van der Waals surface area contributed by atoms with Gasteiger partial charge in [0.25, 0.3) is 0 Å². The molecule has 0 saturated heterocycles. The van der Waals surface area contributed by atoms with Gasteiger partial charge in [-0.05, 0) is 43.3 Å². The van der Waals surface area contributed by atoms with Crippen molar-refractivity contribution >= 4 is 0 Å². The third-order valence-electron chi connectivity index (χ3n) is 16.6. The fourth-order valence-corrected chi connectivity index (χ4v) is 8.22. The van der Waals surface area contributed by atoms with Crippen LogP contribution in [0.1, 0.15) is 423 Å². The standard InChI is InChI=1S/8C11H19N2.4Cr/c8*1-10(2,3)8-7-9(13-12-8)11(4,5)6;;;;/h8*7H,1-6H3;;;;/q8*-1;4*+2. The molecule has 8 rings (SSSR count). The smallest absolute Gasteiger partial charge is 0.578 e. The van der Waals surface area contributed by atoms with Crippen LogP contribution in [-0.2, 0) is 156 Å². The molecule has 0 spiro atoms. The van der Waals surface area contributed by atoms with Gasteiger partial charge >= 0.3 is 69.4 Å². The Balaban J connectivity index is -0.000000569. The molecule has 0 fully saturated rings. The van der Waals surface area contributed by atoms with E-state index in [1.807, 2.05) is 0 Å². The number of rotatable bonds is 0. The third-order valence-corrected chi connectivity index (χ3v) is 16.6. The Morgan fingerprint density at radius 2 is 0.194 bits per heavy atom. The van der Waals surface area contributed by atoms with Gasteiger partial charge in [0.15, 0.2) is 0 Å². The van der Waals surface area contributed by atoms with E-state index in [4.69, 9.17) is 0 Å². The molecule has 8 aromatic rings. The van der Waals surface area contributed by atoms with Crippen LogP contribution in [0.2, 0.25) is 0 Å². The first kappa shape index (κ1) is 110. The summed E-state index contributed by atoms with van der Waals surface area (Å²) in [5.74, 6) is 0. The van der Waals surface area contributed by atoms with Gasteiger partial charge in [0, 0.05) is 88.9 Å². The van der Waals surface area contributed by atoms with E-state index in [2.05, 4.69) is 462 Å². The SMILES string of the molecule is CC(C)(C)c1cc(C(C)(C)C)[n-]n1.CC(C)(C)c1cc(C(C)(C)C)[n-]n1.CC(C)(C)c1cc(C(C)(C)C)[n-]n1.CC(C)(C)c1cc(C(C)(C)C)[n-]n1.CC(C)(C)c1cc(C(C)(C)C)[n-]n1.CC(C)(C)c1cc(C(C)(C)C)[n-]n1.CC(C)(C)c1cc(C(C)(C)C)[n-]n1.CC(C)(C)c1cc(C(C)(C)C)[n-]n1.[Cr+2].[Cr+2].[Cr+2].[Cr+2]. The Hall–Kier alpha value is -4.19. The van der Waals surface area contributed by atoms with Gasteiger partial charge in [0.1, 0.15) is 0 Å². The average molecular weight is 1640 g/mol. The molecule has 0 radical (unpaired) electrons. The van der Waals surface area contributed by atoms with Crippen molar-refractivity contribution in [1.82, 2.24) is 81.6 Å². The Labute approximate surface area is 704 Å². The zero-order valence-electron chi connectivity index (χ0n) is 77.4. The Morgan fingerprint density at radius 3 is 0.222 bits per heavy atom. The second-order valence-electron chi connectivity index (χ2n) is 44.9. The molecule has 0 aliphatic carbocycles. The molecule has 16 nitrogen and oxygen atoms in total. The van der Waals surface area contributed by atoms with Crippen molar-refractivity contribution in [2.45, 2.75) is 419 Å². The molecule has 0 aliphatic rings. The van der Waals surface area contributed by atoms with E-state index in [1.165, 1.54) is 0 Å². The molecule has 8 aromatic heterocycles. The summed E-state index contributed by atoms with van der Waals surface area (Å²) in [5.41, 5.74) is 19.0. The maximum atomic E-state index is 4.20. The van der Waals surface area contributed by atoms with E-state index in [1.54, 1.807) is 0 Å². The van der Waals surface area contributed by atoms with E-state index < -0.39 is 0 Å². The molecule has 0 bridgehead atoms. The first-order valence-corrected chi connectivity index (χ1v) is 37.8. The second-order valence-corrected chi connectivity index (χ2v) is 44.9. The predicted octanol–water partition coefficient (Wildman–Crippen LogP) is 21.1. The van der Waals surface area contributed by atoms with Crippen molar-refractivity contribution in [3.05, 3.63) is 140 Å². The molecule has 608 valence electrons. The van der Waals surface area contributed by atoms with Gasteiger partial charge in [-0.25, -0.2) is 0 Å². The van der Waals surface area contributed by atoms with Crippen molar-refractivity contribution in [3.63, 3.8) is 0 Å². The zero-order valence-corrected chi connectivity index (χ0v) is 82.5. The summed E-state index contributed by atoms with van der Waals surface area (Å²) in [5, 5.41) is 67.3. The van der Waals surface area contributed by atoms with Crippen LogP contribution in [0.15, 0.2) is 48.5 Å². The predicted molar refractivity (Wildman–Crippen MR) is 440 cm³/mol. The van der Waals surface area contributed by atoms with E-state index in [-0.39, 0.29) is 156 Å². The summed E-state index contributed by atoms with van der Waals surface area (Å²) in [6.45, 7) is 103. The van der Waals surface area contributed by atoms with Gasteiger partial charge in [0.2, 0.25) is 0 Å². The van der Waals surface area contributed by atoms with Crippen molar-refractivity contribution in [2.24, 2.45) is 0 Å². The van der Waals surface area contributed by atoms with E-state index in [9.17, 15) is 0 Å². The molecule has 20 heteroatoms. The minimum atomic E-state index is 0. The molecule has 0 saturated carbocycles. The van der Waals surface area contributed by atoms with Gasteiger partial charge in [-0.3, -0.25) is 0 Å². The van der Waals surface area contributed by atoms with Gasteiger partial charge in [-0.15, -0.1) is 45.6 Å². The maximum Gasteiger partial charge on any atom is 2.00 e. The quantitative estimate of drug-likeness (QED) is 0.138. The van der Waals surface area contributed by atoms with Gasteiger partial charge in [-0.2, -0.15) is 0 Å². The Morgan fingerprint density at radius 1 is 0.130 bits per heavy atom. The summed E-state index contributed by atoms with van der Waals surface area (Å²) in [7, 11) is 0. The summed E-state index contributed by atoms with van der Waals surface area (Å²) in [4.78, 5) is 0. The van der Waals surface area contributed by atoms with Gasteiger partial charge < -0.3 is 81.6 Å². The van der Waals surface area contributed by atoms with Crippen LogP contribution in [-0.4, -0.2) is 40.8 Å². The van der Waals surface area contributed by atoms with Crippen LogP contribution >= 0.6 is 0 Å². The molecule has 108 heavy (non-hydrogen) atoms. The molecule has 8 heterocycles. The monoisotopic (exact) mass is 1640 g/mol. The van der Waals surface area contributed by atoms with Crippen LogP contribution < -0.4 is 40.8 Å². The Bertz CT molecular complexity index is 2810. The largest absolute Gasteiger partial charge is 2.00 e. The van der Waals surface area contributed by atoms with Gasteiger partial charge in [0.05, 0.1) is 0 Å². The fourth-order valence-electron chi connectivity index (χ4n) is 8.22. The molecule has 0 amide bonds. The topological polar surface area (TPSA) is 216 Å². The second kappa shape index (κ2) is 39.7. The summed E-state index contributed by atoms with van der Waals surface area (Å²) >= 11 is 0. The van der Waals surface area contributed by atoms with Crippen molar-refractivity contribution < 1.29 is 69.4 Å². The molecule has 0 atom stereocenters. The first-order chi connectivity index (χ1) is 45.7. The molecule has 0 aromatic carbocycles. The fraction of sp³-hybridized carbons (Fsp3) is 0.727. The number of nitrogens with zero attached hydrogens (tertiary/aromatic N) is 16. The number of hydrogen-bond donors (Lipinski definition) is 0. The van der Waals surface area contributed by atoms with E-state index in [0.29, 0.717) is 0 Å². The van der Waals surface area contributed by atoms with Crippen molar-refractivity contribution in [1.29, 1.82) is 0 Å².